The van der Waals surface area contributed by atoms with Crippen molar-refractivity contribution in [3.63, 3.8) is 0 Å². The fraction of sp³-hybridized carbons (Fsp3) is 0.438. The molecule has 0 spiro atoms. The minimum atomic E-state index is -0.528. The first kappa shape index (κ1) is 17.8. The number of hydrogen-bond acceptors (Lipinski definition) is 7. The van der Waals surface area contributed by atoms with E-state index < -0.39 is 6.04 Å². The van der Waals surface area contributed by atoms with Crippen molar-refractivity contribution < 1.29 is 14.3 Å². The largest absolute Gasteiger partial charge is 0.497 e. The van der Waals surface area contributed by atoms with Crippen LogP contribution in [0.25, 0.3) is 0 Å². The molecule has 2 aromatic rings. The number of ether oxygens (including phenoxy) is 1. The normalized spacial score (nSPS) is 17.6. The van der Waals surface area contributed by atoms with E-state index in [-0.39, 0.29) is 24.8 Å². The van der Waals surface area contributed by atoms with Crippen molar-refractivity contribution in [3.8, 4) is 5.75 Å². The van der Waals surface area contributed by atoms with Crippen LogP contribution in [-0.4, -0.2) is 63.6 Å². The molecule has 3 N–H and O–H groups in total. The van der Waals surface area contributed by atoms with Gasteiger partial charge in [0.1, 0.15) is 5.75 Å². The smallest absolute Gasteiger partial charge is 0.237 e. The lowest BCUT2D eigenvalue weighted by Crippen LogP contribution is -2.56. The van der Waals surface area contributed by atoms with E-state index in [4.69, 9.17) is 4.74 Å². The second kappa shape index (κ2) is 8.39. The molecule has 138 valence electrons. The molecular weight excluding hydrogens is 338 g/mol. The molecule has 26 heavy (non-hydrogen) atoms. The number of hydrogen-bond donors (Lipinski definition) is 3. The molecule has 1 fully saturated rings. The van der Waals surface area contributed by atoms with Crippen LogP contribution in [0.1, 0.15) is 17.8 Å². The molecule has 0 aliphatic carbocycles. The van der Waals surface area contributed by atoms with Crippen molar-refractivity contribution >= 4 is 11.8 Å². The van der Waals surface area contributed by atoms with Gasteiger partial charge < -0.3 is 15.4 Å². The first-order chi connectivity index (χ1) is 12.7. The second-order valence-electron chi connectivity index (χ2n) is 5.94. The number of nitrogens with zero attached hydrogens (tertiary/aromatic N) is 4. The van der Waals surface area contributed by atoms with E-state index in [2.05, 4.69) is 31.3 Å². The van der Waals surface area contributed by atoms with E-state index >= 15 is 0 Å². The van der Waals surface area contributed by atoms with Crippen molar-refractivity contribution in [1.29, 1.82) is 0 Å². The zero-order valence-corrected chi connectivity index (χ0v) is 14.4. The summed E-state index contributed by atoms with van der Waals surface area (Å²) in [7, 11) is 1.62. The van der Waals surface area contributed by atoms with Gasteiger partial charge in [0.2, 0.25) is 11.8 Å². The van der Waals surface area contributed by atoms with Gasteiger partial charge in [0.15, 0.2) is 5.82 Å². The minimum Gasteiger partial charge on any atom is -0.497 e. The van der Waals surface area contributed by atoms with Crippen LogP contribution in [0.5, 0.6) is 5.75 Å². The predicted octanol–water partition coefficient (Wildman–Crippen LogP) is -0.785. The summed E-state index contributed by atoms with van der Waals surface area (Å²) in [5.74, 6) is 0.763. The fourth-order valence-corrected chi connectivity index (χ4v) is 2.86. The summed E-state index contributed by atoms with van der Waals surface area (Å²) < 4.78 is 5.24. The summed E-state index contributed by atoms with van der Waals surface area (Å²) in [5.41, 5.74) is 1.02. The van der Waals surface area contributed by atoms with Crippen LogP contribution in [0.4, 0.5) is 0 Å². The lowest BCUT2D eigenvalue weighted by molar-refractivity contribution is -0.134. The number of aromatic amines is 1. The van der Waals surface area contributed by atoms with E-state index in [9.17, 15) is 9.59 Å². The van der Waals surface area contributed by atoms with Crippen LogP contribution >= 0.6 is 0 Å². The van der Waals surface area contributed by atoms with Gasteiger partial charge in [-0.3, -0.25) is 14.5 Å². The van der Waals surface area contributed by atoms with Crippen LogP contribution in [0.2, 0.25) is 0 Å². The monoisotopic (exact) mass is 359 g/mol. The SMILES string of the molecule is COc1cccc(CN2CCNC(=O)[C@H]2CC(=O)NCc2nn[nH]n2)c1. The summed E-state index contributed by atoms with van der Waals surface area (Å²) in [4.78, 5) is 26.5. The predicted molar refractivity (Wildman–Crippen MR) is 90.8 cm³/mol. The van der Waals surface area contributed by atoms with Gasteiger partial charge in [0, 0.05) is 19.6 Å². The van der Waals surface area contributed by atoms with Gasteiger partial charge in [0.05, 0.1) is 26.1 Å². The van der Waals surface area contributed by atoms with Gasteiger partial charge in [-0.25, -0.2) is 0 Å². The highest BCUT2D eigenvalue weighted by Crippen LogP contribution is 2.18. The van der Waals surface area contributed by atoms with Crippen molar-refractivity contribution in [3.05, 3.63) is 35.7 Å². The third-order valence-electron chi connectivity index (χ3n) is 4.17. The highest BCUT2D eigenvalue weighted by atomic mass is 16.5. The molecule has 1 aromatic heterocycles. The number of aromatic nitrogens is 4. The Hall–Kier alpha value is -3.01. The average Bonchev–Trinajstić information content (AvgIpc) is 3.17. The number of carbonyl (C=O) groups is 2. The minimum absolute atomic E-state index is 0.0631. The average molecular weight is 359 g/mol. The Morgan fingerprint density at radius 2 is 2.35 bits per heavy atom. The fourth-order valence-electron chi connectivity index (χ4n) is 2.86. The maximum Gasteiger partial charge on any atom is 0.237 e. The third kappa shape index (κ3) is 4.54. The summed E-state index contributed by atoms with van der Waals surface area (Å²) >= 11 is 0. The molecule has 1 saturated heterocycles. The molecule has 0 bridgehead atoms. The summed E-state index contributed by atoms with van der Waals surface area (Å²) in [5, 5.41) is 18.8. The number of piperazine rings is 1. The van der Waals surface area contributed by atoms with Crippen LogP contribution in [0.3, 0.4) is 0 Å². The Morgan fingerprint density at radius 3 is 3.12 bits per heavy atom. The molecule has 1 aromatic carbocycles. The summed E-state index contributed by atoms with van der Waals surface area (Å²) in [6.45, 7) is 1.96. The standard InChI is InChI=1S/C16H21N7O3/c1-26-12-4-2-3-11(7-12)10-23-6-5-17-16(25)13(23)8-15(24)18-9-14-19-21-22-20-14/h2-4,7,13H,5-6,8-10H2,1H3,(H,17,25)(H,18,24)(H,19,20,21,22)/t13-/m1/s1. The Labute approximate surface area is 150 Å². The number of nitrogens with one attached hydrogen (secondary N) is 3. The van der Waals surface area contributed by atoms with Gasteiger partial charge in [-0.2, -0.15) is 5.21 Å². The van der Waals surface area contributed by atoms with E-state index in [1.54, 1.807) is 7.11 Å². The number of benzene rings is 1. The molecular formula is C16H21N7O3. The molecule has 1 aliphatic heterocycles. The molecule has 0 saturated carbocycles. The number of amides is 2. The molecule has 2 amide bonds. The summed E-state index contributed by atoms with van der Waals surface area (Å²) in [6.07, 6.45) is 0.0631. The van der Waals surface area contributed by atoms with Crippen molar-refractivity contribution in [2.24, 2.45) is 0 Å². The van der Waals surface area contributed by atoms with Crippen molar-refractivity contribution in [1.82, 2.24) is 36.2 Å². The van der Waals surface area contributed by atoms with Crippen LogP contribution < -0.4 is 15.4 Å². The molecule has 10 heteroatoms. The van der Waals surface area contributed by atoms with Crippen LogP contribution in [0, 0.1) is 0 Å². The number of H-pyrrole nitrogens is 1. The third-order valence-corrected chi connectivity index (χ3v) is 4.17. The molecule has 3 rings (SSSR count). The van der Waals surface area contributed by atoms with Crippen LogP contribution in [0.15, 0.2) is 24.3 Å². The van der Waals surface area contributed by atoms with Gasteiger partial charge in [-0.05, 0) is 17.7 Å². The van der Waals surface area contributed by atoms with Crippen molar-refractivity contribution in [2.45, 2.75) is 25.6 Å². The maximum absolute atomic E-state index is 12.3. The first-order valence-electron chi connectivity index (χ1n) is 8.29. The zero-order valence-electron chi connectivity index (χ0n) is 14.4. The lowest BCUT2D eigenvalue weighted by atomic mass is 10.1. The van der Waals surface area contributed by atoms with Gasteiger partial charge in [0.25, 0.3) is 0 Å². The highest BCUT2D eigenvalue weighted by molar-refractivity contribution is 5.88. The van der Waals surface area contributed by atoms with E-state index in [0.29, 0.717) is 25.5 Å². The number of rotatable bonds is 7. The Balaban J connectivity index is 1.61. The first-order valence-corrected chi connectivity index (χ1v) is 8.29. The Morgan fingerprint density at radius 1 is 1.46 bits per heavy atom. The van der Waals surface area contributed by atoms with Crippen molar-refractivity contribution in [2.75, 3.05) is 20.2 Å². The zero-order chi connectivity index (χ0) is 18.4. The lowest BCUT2D eigenvalue weighted by Gasteiger charge is -2.34. The van der Waals surface area contributed by atoms with Gasteiger partial charge in [-0.15, -0.1) is 10.2 Å². The molecule has 10 nitrogen and oxygen atoms in total. The van der Waals surface area contributed by atoms with Crippen LogP contribution in [-0.2, 0) is 22.7 Å². The highest BCUT2D eigenvalue weighted by Gasteiger charge is 2.31. The summed E-state index contributed by atoms with van der Waals surface area (Å²) in [6, 6.07) is 7.16. The van der Waals surface area contributed by atoms with E-state index in [1.165, 1.54) is 0 Å². The topological polar surface area (TPSA) is 125 Å². The van der Waals surface area contributed by atoms with Gasteiger partial charge >= 0.3 is 0 Å². The van der Waals surface area contributed by atoms with Gasteiger partial charge in [-0.1, -0.05) is 17.3 Å². The number of carbonyl (C=O) groups excluding carboxylic acids is 2. The molecule has 1 atom stereocenters. The Kier molecular flexibility index (Phi) is 5.74. The maximum atomic E-state index is 12.3. The Bertz CT molecular complexity index is 750. The molecule has 0 unspecified atom stereocenters. The second-order valence-corrected chi connectivity index (χ2v) is 5.94. The molecule has 2 heterocycles. The quantitative estimate of drug-likeness (QED) is 0.592. The van der Waals surface area contributed by atoms with E-state index in [0.717, 1.165) is 11.3 Å². The molecule has 1 aliphatic rings. The van der Waals surface area contributed by atoms with E-state index in [1.807, 2.05) is 29.2 Å². The molecule has 0 radical (unpaired) electrons. The number of methoxy groups -OCH3 is 1. The number of tetrazole rings is 1.